The number of para-hydroxylation sites is 1. The maximum Gasteiger partial charge on any atom is 0.227 e. The highest BCUT2D eigenvalue weighted by atomic mass is 16.3. The van der Waals surface area contributed by atoms with Gasteiger partial charge in [-0.25, -0.2) is 0 Å². The van der Waals surface area contributed by atoms with E-state index in [0.717, 1.165) is 39.2 Å². The summed E-state index contributed by atoms with van der Waals surface area (Å²) < 4.78 is 10.9. The molecular weight excluding hydrogens is 352 g/mol. The van der Waals surface area contributed by atoms with Crippen LogP contribution in [-0.4, -0.2) is 15.8 Å². The Balaban J connectivity index is 1.62. The van der Waals surface area contributed by atoms with Crippen molar-refractivity contribution in [2.75, 3.05) is 0 Å². The molecule has 4 aromatic rings. The van der Waals surface area contributed by atoms with E-state index < -0.39 is 0 Å². The first-order valence-corrected chi connectivity index (χ1v) is 9.29. The number of carbonyl (C=O) groups excluding carboxylic acids is 1. The van der Waals surface area contributed by atoms with Gasteiger partial charge < -0.3 is 13.7 Å². The number of aromatic nitrogens is 1. The summed E-state index contributed by atoms with van der Waals surface area (Å²) >= 11 is 0. The first kappa shape index (κ1) is 18.0. The third-order valence-corrected chi connectivity index (χ3v) is 5.02. The summed E-state index contributed by atoms with van der Waals surface area (Å²) in [6, 6.07) is 15.4. The van der Waals surface area contributed by atoms with Gasteiger partial charge in [-0.2, -0.15) is 0 Å². The van der Waals surface area contributed by atoms with Crippen LogP contribution in [-0.2, 0) is 24.3 Å². The molecule has 0 saturated carbocycles. The number of rotatable bonds is 6. The summed E-state index contributed by atoms with van der Waals surface area (Å²) in [5, 5.41) is 1.08. The maximum absolute atomic E-state index is 13.2. The van der Waals surface area contributed by atoms with E-state index in [1.54, 1.807) is 17.4 Å². The predicted molar refractivity (Wildman–Crippen MR) is 107 cm³/mol. The molecule has 0 saturated heterocycles. The maximum atomic E-state index is 13.2. The third-order valence-electron chi connectivity index (χ3n) is 5.02. The molecule has 0 atom stereocenters. The Hall–Kier alpha value is -3.34. The lowest BCUT2D eigenvalue weighted by Gasteiger charge is -2.22. The van der Waals surface area contributed by atoms with Crippen LogP contribution < -0.4 is 0 Å². The quantitative estimate of drug-likeness (QED) is 0.486. The van der Waals surface area contributed by atoms with Gasteiger partial charge in [0.05, 0.1) is 37.6 Å². The fraction of sp³-hybridized carbons (Fsp3) is 0.217. The number of fused-ring (bicyclic) bond motifs is 1. The fourth-order valence-electron chi connectivity index (χ4n) is 3.51. The first-order chi connectivity index (χ1) is 13.6. The molecule has 0 bridgehead atoms. The van der Waals surface area contributed by atoms with Crippen LogP contribution in [0.1, 0.15) is 28.3 Å². The Kier molecular flexibility index (Phi) is 4.98. The normalized spacial score (nSPS) is 11.1. The van der Waals surface area contributed by atoms with Crippen molar-refractivity contribution in [2.24, 2.45) is 0 Å². The minimum Gasteiger partial charge on any atom is -0.467 e. The first-order valence-electron chi connectivity index (χ1n) is 9.29. The Morgan fingerprint density at radius 3 is 2.18 bits per heavy atom. The van der Waals surface area contributed by atoms with Crippen molar-refractivity contribution in [3.63, 3.8) is 0 Å². The Bertz CT molecular complexity index is 1050. The van der Waals surface area contributed by atoms with Crippen molar-refractivity contribution in [2.45, 2.75) is 33.4 Å². The molecule has 1 amide bonds. The Morgan fingerprint density at radius 1 is 0.929 bits per heavy atom. The Labute approximate surface area is 163 Å². The van der Waals surface area contributed by atoms with E-state index in [1.807, 2.05) is 49.4 Å². The number of hydrogen-bond acceptors (Lipinski definition) is 4. The van der Waals surface area contributed by atoms with Crippen molar-refractivity contribution in [3.8, 4) is 0 Å². The van der Waals surface area contributed by atoms with E-state index in [-0.39, 0.29) is 12.3 Å². The van der Waals surface area contributed by atoms with E-state index in [9.17, 15) is 4.79 Å². The van der Waals surface area contributed by atoms with Crippen LogP contribution in [0.5, 0.6) is 0 Å². The highest BCUT2D eigenvalue weighted by molar-refractivity contribution is 5.86. The summed E-state index contributed by atoms with van der Waals surface area (Å²) in [5.74, 6) is 1.49. The number of hydrogen-bond donors (Lipinski definition) is 0. The fourth-order valence-corrected chi connectivity index (χ4v) is 3.51. The minimum absolute atomic E-state index is 0.0103. The van der Waals surface area contributed by atoms with Crippen molar-refractivity contribution in [1.82, 2.24) is 9.88 Å². The van der Waals surface area contributed by atoms with Crippen LogP contribution in [0.2, 0.25) is 0 Å². The van der Waals surface area contributed by atoms with E-state index in [4.69, 9.17) is 13.8 Å². The molecule has 1 aromatic carbocycles. The highest BCUT2D eigenvalue weighted by Gasteiger charge is 2.20. The number of furan rings is 2. The van der Waals surface area contributed by atoms with E-state index in [1.165, 1.54) is 0 Å². The van der Waals surface area contributed by atoms with Gasteiger partial charge in [0.2, 0.25) is 5.91 Å². The summed E-state index contributed by atoms with van der Waals surface area (Å²) in [7, 11) is 0. The second kappa shape index (κ2) is 7.72. The zero-order valence-electron chi connectivity index (χ0n) is 16.0. The summed E-state index contributed by atoms with van der Waals surface area (Å²) in [5.41, 5.74) is 3.93. The van der Waals surface area contributed by atoms with E-state index in [2.05, 4.69) is 13.0 Å². The van der Waals surface area contributed by atoms with Gasteiger partial charge in [0, 0.05) is 11.1 Å². The van der Waals surface area contributed by atoms with Gasteiger partial charge in [0.15, 0.2) is 0 Å². The molecule has 3 aromatic heterocycles. The molecule has 0 fully saturated rings. The second-order valence-corrected chi connectivity index (χ2v) is 6.90. The molecule has 4 rings (SSSR count). The molecule has 3 heterocycles. The van der Waals surface area contributed by atoms with Crippen LogP contribution in [0.25, 0.3) is 10.9 Å². The molecule has 142 valence electrons. The number of carbonyl (C=O) groups is 1. The molecule has 0 aliphatic heterocycles. The molecule has 0 aliphatic rings. The van der Waals surface area contributed by atoms with Crippen molar-refractivity contribution in [3.05, 3.63) is 89.4 Å². The smallest absolute Gasteiger partial charge is 0.227 e. The number of nitrogens with zero attached hydrogens (tertiary/aromatic N) is 2. The number of benzene rings is 1. The Morgan fingerprint density at radius 2 is 1.57 bits per heavy atom. The minimum atomic E-state index is 0.0103. The largest absolute Gasteiger partial charge is 0.467 e. The van der Waals surface area contributed by atoms with Gasteiger partial charge in [-0.3, -0.25) is 9.78 Å². The number of amides is 1. The molecule has 0 N–H and O–H groups in total. The molecule has 0 spiro atoms. The molecule has 28 heavy (non-hydrogen) atoms. The van der Waals surface area contributed by atoms with Gasteiger partial charge in [-0.15, -0.1) is 0 Å². The average molecular weight is 374 g/mol. The average Bonchev–Trinajstić information content (AvgIpc) is 3.38. The number of aryl methyl sites for hydroxylation is 2. The van der Waals surface area contributed by atoms with Gasteiger partial charge in [0.1, 0.15) is 11.5 Å². The lowest BCUT2D eigenvalue weighted by Crippen LogP contribution is -2.31. The lowest BCUT2D eigenvalue weighted by molar-refractivity contribution is -0.132. The van der Waals surface area contributed by atoms with Gasteiger partial charge >= 0.3 is 0 Å². The summed E-state index contributed by atoms with van der Waals surface area (Å²) in [4.78, 5) is 19.7. The van der Waals surface area contributed by atoms with Crippen LogP contribution in [0.3, 0.4) is 0 Å². The molecule has 0 unspecified atom stereocenters. The topological polar surface area (TPSA) is 59.5 Å². The van der Waals surface area contributed by atoms with Crippen LogP contribution >= 0.6 is 0 Å². The summed E-state index contributed by atoms with van der Waals surface area (Å²) in [6.45, 7) is 4.81. The van der Waals surface area contributed by atoms with E-state index in [0.29, 0.717) is 13.1 Å². The van der Waals surface area contributed by atoms with Crippen molar-refractivity contribution < 1.29 is 13.6 Å². The van der Waals surface area contributed by atoms with Gasteiger partial charge in [-0.1, -0.05) is 18.2 Å². The van der Waals surface area contributed by atoms with Gasteiger partial charge in [0.25, 0.3) is 0 Å². The molecule has 0 aliphatic carbocycles. The van der Waals surface area contributed by atoms with Crippen molar-refractivity contribution in [1.29, 1.82) is 0 Å². The highest BCUT2D eigenvalue weighted by Crippen LogP contribution is 2.24. The zero-order chi connectivity index (χ0) is 19.5. The molecular formula is C23H22N2O3. The van der Waals surface area contributed by atoms with E-state index >= 15 is 0 Å². The third kappa shape index (κ3) is 3.69. The second-order valence-electron chi connectivity index (χ2n) is 6.90. The van der Waals surface area contributed by atoms with Crippen LogP contribution in [0.4, 0.5) is 0 Å². The molecule has 5 nitrogen and oxygen atoms in total. The lowest BCUT2D eigenvalue weighted by atomic mass is 9.99. The zero-order valence-corrected chi connectivity index (χ0v) is 16.0. The van der Waals surface area contributed by atoms with Crippen LogP contribution in [0.15, 0.2) is 69.9 Å². The van der Waals surface area contributed by atoms with Crippen LogP contribution in [0, 0.1) is 13.8 Å². The predicted octanol–water partition coefficient (Wildman–Crippen LogP) is 4.81. The molecule has 0 radical (unpaired) electrons. The standard InChI is InChI=1S/C23H22N2O3/c1-16-20-9-3-4-10-22(20)24-17(2)21(16)13-23(26)25(14-18-7-5-11-27-18)15-19-8-6-12-28-19/h3-12H,13-15H2,1-2H3. The monoisotopic (exact) mass is 374 g/mol. The molecule has 5 heteroatoms. The summed E-state index contributed by atoms with van der Waals surface area (Å²) in [6.07, 6.45) is 3.52. The number of pyridine rings is 1. The van der Waals surface area contributed by atoms with Gasteiger partial charge in [-0.05, 0) is 55.3 Å². The van der Waals surface area contributed by atoms with Crippen molar-refractivity contribution >= 4 is 16.8 Å². The SMILES string of the molecule is Cc1nc2ccccc2c(C)c1CC(=O)N(Cc1ccco1)Cc1ccco1.